The fourth-order valence-electron chi connectivity index (χ4n) is 6.73. The normalized spacial score (nSPS) is 11.6. The second-order valence-electron chi connectivity index (χ2n) is 11.4. The average Bonchev–Trinajstić information content (AvgIpc) is 3.11. The van der Waals surface area contributed by atoms with E-state index >= 15 is 0 Å². The Morgan fingerprint density at radius 1 is 0.364 bits per heavy atom. The molecular formula is C42H26N2. The first-order valence-electron chi connectivity index (χ1n) is 15.0. The van der Waals surface area contributed by atoms with E-state index in [-0.39, 0.29) is 0 Å². The SMILES string of the molecule is c1ccc(-c2ccc(-c3cc(-c4ccc(-c5cnc6ccccc6c5)cc4)c4ccc5cccc6ccc3c4c56)cc2)nc1. The molecule has 0 aliphatic rings. The van der Waals surface area contributed by atoms with Crippen molar-refractivity contribution in [1.29, 1.82) is 0 Å². The minimum Gasteiger partial charge on any atom is -0.256 e. The first-order valence-corrected chi connectivity index (χ1v) is 15.0. The molecule has 0 saturated heterocycles. The molecule has 2 aromatic heterocycles. The van der Waals surface area contributed by atoms with Crippen molar-refractivity contribution in [2.75, 3.05) is 0 Å². The van der Waals surface area contributed by atoms with Crippen molar-refractivity contribution in [1.82, 2.24) is 9.97 Å². The molecule has 0 unspecified atom stereocenters. The molecule has 0 atom stereocenters. The molecule has 9 rings (SSSR count). The Balaban J connectivity index is 1.23. The van der Waals surface area contributed by atoms with Gasteiger partial charge in [-0.25, -0.2) is 0 Å². The van der Waals surface area contributed by atoms with E-state index in [4.69, 9.17) is 4.98 Å². The highest BCUT2D eigenvalue weighted by molar-refractivity contribution is 6.28. The summed E-state index contributed by atoms with van der Waals surface area (Å²) in [5, 5.41) is 8.90. The van der Waals surface area contributed by atoms with Gasteiger partial charge < -0.3 is 0 Å². The summed E-state index contributed by atoms with van der Waals surface area (Å²) in [6, 6.07) is 52.4. The number of hydrogen-bond acceptors (Lipinski definition) is 2. The van der Waals surface area contributed by atoms with Crippen LogP contribution in [0.25, 0.3) is 87.9 Å². The summed E-state index contributed by atoms with van der Waals surface area (Å²) < 4.78 is 0. The molecule has 0 amide bonds. The fourth-order valence-corrected chi connectivity index (χ4v) is 6.73. The maximum absolute atomic E-state index is 4.69. The Kier molecular flexibility index (Phi) is 5.54. The highest BCUT2D eigenvalue weighted by Gasteiger charge is 2.17. The molecule has 9 aromatic rings. The van der Waals surface area contributed by atoms with Crippen molar-refractivity contribution in [2.45, 2.75) is 0 Å². The molecule has 0 N–H and O–H groups in total. The van der Waals surface area contributed by atoms with Crippen molar-refractivity contribution in [2.24, 2.45) is 0 Å². The number of nitrogens with zero attached hydrogens (tertiary/aromatic N) is 2. The predicted molar refractivity (Wildman–Crippen MR) is 185 cm³/mol. The molecule has 2 heterocycles. The van der Waals surface area contributed by atoms with E-state index in [1.54, 1.807) is 0 Å². The van der Waals surface area contributed by atoms with Crippen molar-refractivity contribution in [3.05, 3.63) is 158 Å². The third-order valence-electron chi connectivity index (χ3n) is 8.92. The zero-order valence-electron chi connectivity index (χ0n) is 23.9. The van der Waals surface area contributed by atoms with Crippen molar-refractivity contribution < 1.29 is 0 Å². The first kappa shape index (κ1) is 24.7. The van der Waals surface area contributed by atoms with Gasteiger partial charge in [0.15, 0.2) is 0 Å². The number of fused-ring (bicyclic) bond motifs is 1. The Morgan fingerprint density at radius 2 is 0.977 bits per heavy atom. The quantitative estimate of drug-likeness (QED) is 0.201. The zero-order valence-corrected chi connectivity index (χ0v) is 23.9. The van der Waals surface area contributed by atoms with Crippen LogP contribution in [0.3, 0.4) is 0 Å². The molecule has 2 nitrogen and oxygen atoms in total. The maximum atomic E-state index is 4.69. The van der Waals surface area contributed by atoms with E-state index < -0.39 is 0 Å². The second kappa shape index (κ2) is 9.86. The second-order valence-corrected chi connectivity index (χ2v) is 11.4. The third kappa shape index (κ3) is 3.96. The molecule has 204 valence electrons. The van der Waals surface area contributed by atoms with E-state index in [9.17, 15) is 0 Å². The van der Waals surface area contributed by atoms with E-state index in [1.807, 2.05) is 30.6 Å². The number of pyridine rings is 2. The Morgan fingerprint density at radius 3 is 1.66 bits per heavy atom. The third-order valence-corrected chi connectivity index (χ3v) is 8.92. The van der Waals surface area contributed by atoms with Gasteiger partial charge in [0.05, 0.1) is 11.2 Å². The molecule has 0 radical (unpaired) electrons. The lowest BCUT2D eigenvalue weighted by Crippen LogP contribution is -1.91. The maximum Gasteiger partial charge on any atom is 0.0702 e. The highest BCUT2D eigenvalue weighted by Crippen LogP contribution is 2.44. The van der Waals surface area contributed by atoms with Crippen LogP contribution in [-0.4, -0.2) is 9.97 Å². The van der Waals surface area contributed by atoms with Crippen molar-refractivity contribution in [3.63, 3.8) is 0 Å². The van der Waals surface area contributed by atoms with Gasteiger partial charge >= 0.3 is 0 Å². The van der Waals surface area contributed by atoms with Crippen LogP contribution in [-0.2, 0) is 0 Å². The van der Waals surface area contributed by atoms with Crippen LogP contribution in [0.2, 0.25) is 0 Å². The molecule has 0 bridgehead atoms. The molecule has 7 aromatic carbocycles. The summed E-state index contributed by atoms with van der Waals surface area (Å²) in [7, 11) is 0. The predicted octanol–water partition coefficient (Wildman–Crippen LogP) is 11.2. The number of aromatic nitrogens is 2. The standard InChI is InChI=1S/C42H26N2/c1-2-9-40-33(6-1)24-34(26-44-40)27-11-13-28(14-12-27)37-25-38(29-15-17-30(18-16-29)39-10-3-4-23-43-39)36-22-20-32-8-5-7-31-19-21-35(37)42(36)41(31)32/h1-26H. The van der Waals surface area contributed by atoms with E-state index in [0.29, 0.717) is 0 Å². The topological polar surface area (TPSA) is 25.8 Å². The lowest BCUT2D eigenvalue weighted by molar-refractivity contribution is 1.33. The fraction of sp³-hybridized carbons (Fsp3) is 0. The van der Waals surface area contributed by atoms with Gasteiger partial charge in [0.25, 0.3) is 0 Å². The van der Waals surface area contributed by atoms with Crippen LogP contribution >= 0.6 is 0 Å². The van der Waals surface area contributed by atoms with Crippen molar-refractivity contribution in [3.8, 4) is 44.6 Å². The molecule has 0 aliphatic carbocycles. The molecule has 0 saturated carbocycles. The van der Waals surface area contributed by atoms with Gasteiger partial charge in [-0.2, -0.15) is 0 Å². The molecule has 44 heavy (non-hydrogen) atoms. The minimum absolute atomic E-state index is 0.983. The Hall–Kier alpha value is -5.86. The van der Waals surface area contributed by atoms with E-state index in [0.717, 1.165) is 33.3 Å². The number of benzene rings is 7. The smallest absolute Gasteiger partial charge is 0.0702 e. The lowest BCUT2D eigenvalue weighted by atomic mass is 9.85. The number of para-hydroxylation sites is 1. The van der Waals surface area contributed by atoms with Gasteiger partial charge in [-0.1, -0.05) is 115 Å². The highest BCUT2D eigenvalue weighted by atomic mass is 14.7. The van der Waals surface area contributed by atoms with Gasteiger partial charge in [0.2, 0.25) is 0 Å². The summed E-state index contributed by atoms with van der Waals surface area (Å²) in [4.78, 5) is 9.24. The van der Waals surface area contributed by atoms with Gasteiger partial charge in [0.1, 0.15) is 0 Å². The van der Waals surface area contributed by atoms with E-state index in [2.05, 4.69) is 132 Å². The monoisotopic (exact) mass is 558 g/mol. The summed E-state index contributed by atoms with van der Waals surface area (Å²) in [6.45, 7) is 0. The van der Waals surface area contributed by atoms with Gasteiger partial charge in [-0.3, -0.25) is 9.97 Å². The molecule has 2 heteroatoms. The molecular weight excluding hydrogens is 532 g/mol. The van der Waals surface area contributed by atoms with Crippen molar-refractivity contribution >= 4 is 43.2 Å². The van der Waals surface area contributed by atoms with Crippen LogP contribution < -0.4 is 0 Å². The van der Waals surface area contributed by atoms with Gasteiger partial charge in [0, 0.05) is 28.9 Å². The summed E-state index contributed by atoms with van der Waals surface area (Å²) in [5.41, 5.74) is 10.3. The Bertz CT molecular complexity index is 2440. The van der Waals surface area contributed by atoms with E-state index in [1.165, 1.54) is 54.6 Å². The zero-order chi connectivity index (χ0) is 29.0. The van der Waals surface area contributed by atoms with Gasteiger partial charge in [-0.05, 0) is 90.5 Å². The van der Waals surface area contributed by atoms with Crippen LogP contribution in [0.1, 0.15) is 0 Å². The molecule has 0 spiro atoms. The Labute approximate surface area is 255 Å². The largest absolute Gasteiger partial charge is 0.256 e. The van der Waals surface area contributed by atoms with Crippen LogP contribution in [0.5, 0.6) is 0 Å². The summed E-state index contributed by atoms with van der Waals surface area (Å²) in [5.74, 6) is 0. The summed E-state index contributed by atoms with van der Waals surface area (Å²) >= 11 is 0. The van der Waals surface area contributed by atoms with Crippen LogP contribution in [0.4, 0.5) is 0 Å². The molecule has 0 fully saturated rings. The van der Waals surface area contributed by atoms with Gasteiger partial charge in [-0.15, -0.1) is 0 Å². The number of rotatable bonds is 4. The first-order chi connectivity index (χ1) is 21.8. The van der Waals surface area contributed by atoms with Crippen LogP contribution in [0, 0.1) is 0 Å². The summed E-state index contributed by atoms with van der Waals surface area (Å²) in [6.07, 6.45) is 3.82. The minimum atomic E-state index is 0.983. The number of hydrogen-bond donors (Lipinski definition) is 0. The van der Waals surface area contributed by atoms with Crippen LogP contribution in [0.15, 0.2) is 158 Å². The molecule has 0 aliphatic heterocycles. The average molecular weight is 559 g/mol. The lowest BCUT2D eigenvalue weighted by Gasteiger charge is -2.18.